The Bertz CT molecular complexity index is 4110. The van der Waals surface area contributed by atoms with E-state index in [9.17, 15) is 0 Å². The Morgan fingerprint density at radius 1 is 0.440 bits per heavy atom. The highest BCUT2D eigenvalue weighted by Gasteiger charge is 2.49. The van der Waals surface area contributed by atoms with Crippen molar-refractivity contribution in [1.29, 1.82) is 0 Å². The van der Waals surface area contributed by atoms with Crippen LogP contribution in [0.5, 0.6) is 0 Å². The summed E-state index contributed by atoms with van der Waals surface area (Å²) in [5.74, 6) is 0. The van der Waals surface area contributed by atoms with Crippen LogP contribution in [0.15, 0.2) is 158 Å². The number of para-hydroxylation sites is 2. The summed E-state index contributed by atoms with van der Waals surface area (Å²) in [6, 6.07) is 62.4. The highest BCUT2D eigenvalue weighted by molar-refractivity contribution is 7.33. The first kappa shape index (κ1) is 55.1. The van der Waals surface area contributed by atoms with Crippen LogP contribution in [-0.4, -0.2) is 6.71 Å². The average Bonchev–Trinajstić information content (AvgIpc) is 1.31. The van der Waals surface area contributed by atoms with E-state index in [0.29, 0.717) is 0 Å². The molecule has 9 aromatic rings. The first-order valence-corrected chi connectivity index (χ1v) is 32.3. The van der Waals surface area contributed by atoms with Crippen molar-refractivity contribution >= 4 is 95.0 Å². The third-order valence-electron chi connectivity index (χ3n) is 21.4. The molecule has 0 atom stereocenters. The van der Waals surface area contributed by atoms with Gasteiger partial charge in [-0.2, -0.15) is 0 Å². The molecule has 0 N–H and O–H groups in total. The summed E-state index contributed by atoms with van der Waals surface area (Å²) in [5.41, 5.74) is 28.1. The SMILES string of the molecule is Cc1cc2c3c(c1)N(c1ccc4c(c1)C(C)(C)CCC4(C)C)c1c(sc4cc5c(cc14)C(C)(C)CCC5(C)C)B3c1ccc(N(c3ccccc3)c3ccccc3)cc1N2c1cc2c(cc1-c1ccc(C(C)(C)C)cc1)C(C)(C)CCC2(C)C. The Kier molecular flexibility index (Phi) is 12.2. The summed E-state index contributed by atoms with van der Waals surface area (Å²) < 4.78 is 2.82. The maximum Gasteiger partial charge on any atom is 0.264 e. The van der Waals surface area contributed by atoms with Crippen molar-refractivity contribution in [2.45, 2.75) is 187 Å². The molecule has 5 aliphatic rings. The van der Waals surface area contributed by atoms with E-state index in [4.69, 9.17) is 0 Å². The van der Waals surface area contributed by atoms with Crippen LogP contribution in [0.3, 0.4) is 0 Å². The van der Waals surface area contributed by atoms with E-state index < -0.39 is 0 Å². The maximum atomic E-state index is 2.76. The minimum Gasteiger partial charge on any atom is -0.311 e. The number of aryl methyl sites for hydroxylation is 1. The molecule has 0 radical (unpaired) electrons. The minimum absolute atomic E-state index is 0.0102. The van der Waals surface area contributed by atoms with Crippen LogP contribution in [0, 0.1) is 6.92 Å². The second-order valence-corrected chi connectivity index (χ2v) is 32.1. The van der Waals surface area contributed by atoms with E-state index >= 15 is 0 Å². The number of anilines is 9. The lowest BCUT2D eigenvalue weighted by atomic mass is 9.36. The number of hydrogen-bond donors (Lipinski definition) is 0. The molecule has 0 amide bonds. The summed E-state index contributed by atoms with van der Waals surface area (Å²) in [4.78, 5) is 7.97. The van der Waals surface area contributed by atoms with Crippen molar-refractivity contribution in [1.82, 2.24) is 0 Å². The van der Waals surface area contributed by atoms with Gasteiger partial charge < -0.3 is 14.7 Å². The van der Waals surface area contributed by atoms with Gasteiger partial charge in [-0.15, -0.1) is 11.3 Å². The molecule has 1 aromatic heterocycles. The van der Waals surface area contributed by atoms with Gasteiger partial charge in [0.15, 0.2) is 0 Å². The molecule has 8 aromatic carbocycles. The standard InChI is InChI=1S/C79H86BN3S/c1-49-41-67-70-68(42-49)83(65-47-62-60(76(9,10)37-39-78(62,13)14)45-56(65)50-27-29-51(30-28-50)73(2,3)4)66-44-55(81(52-23-19-17-20-24-52)53-25-21-18-22-26-53)32-34-64(66)80(70)72-71(57-46-61-63(48-69(57)84-72)79(15,16)40-38-77(61,11)12)82(67)54-31-33-58-59(43-54)75(7,8)36-35-74(58,5)6/h17-34,41-48H,35-40H2,1-16H3. The highest BCUT2D eigenvalue weighted by Crippen LogP contribution is 2.57. The molecular weight excluding hydrogens is 1030 g/mol. The zero-order valence-corrected chi connectivity index (χ0v) is 53.9. The van der Waals surface area contributed by atoms with E-state index in [1.807, 2.05) is 0 Å². The van der Waals surface area contributed by atoms with Crippen LogP contribution in [-0.2, 0) is 37.9 Å². The molecule has 0 unspecified atom stereocenters. The Morgan fingerprint density at radius 3 is 1.50 bits per heavy atom. The van der Waals surface area contributed by atoms with Crippen molar-refractivity contribution in [3.05, 3.63) is 202 Å². The molecule has 0 saturated carbocycles. The van der Waals surface area contributed by atoms with Gasteiger partial charge in [-0.25, -0.2) is 0 Å². The zero-order chi connectivity index (χ0) is 59.0. The number of rotatable bonds is 6. The molecule has 14 rings (SSSR count). The molecule has 3 nitrogen and oxygen atoms in total. The van der Waals surface area contributed by atoms with E-state index in [1.165, 1.54) is 135 Å². The lowest BCUT2D eigenvalue weighted by Gasteiger charge is -2.46. The summed E-state index contributed by atoms with van der Waals surface area (Å²) in [6.07, 6.45) is 6.99. The van der Waals surface area contributed by atoms with Crippen molar-refractivity contribution in [3.8, 4) is 11.1 Å². The Morgan fingerprint density at radius 2 is 0.940 bits per heavy atom. The van der Waals surface area contributed by atoms with Crippen LogP contribution in [0.4, 0.5) is 51.2 Å². The third kappa shape index (κ3) is 8.53. The number of nitrogens with zero attached hydrogens (tertiary/aromatic N) is 3. The summed E-state index contributed by atoms with van der Waals surface area (Å²) in [6.45, 7) is 39.1. The lowest BCUT2D eigenvalue weighted by Crippen LogP contribution is -2.60. The largest absolute Gasteiger partial charge is 0.311 e. The third-order valence-corrected chi connectivity index (χ3v) is 22.6. The van der Waals surface area contributed by atoms with Gasteiger partial charge in [0.2, 0.25) is 0 Å². The van der Waals surface area contributed by atoms with E-state index in [0.717, 1.165) is 36.3 Å². The maximum absolute atomic E-state index is 2.76. The Labute approximate surface area is 507 Å². The van der Waals surface area contributed by atoms with Gasteiger partial charge in [0, 0.05) is 60.2 Å². The predicted molar refractivity (Wildman–Crippen MR) is 365 cm³/mol. The van der Waals surface area contributed by atoms with Crippen LogP contribution < -0.4 is 30.4 Å². The average molecular weight is 1120 g/mol. The van der Waals surface area contributed by atoms with Gasteiger partial charge in [0.05, 0.1) is 11.4 Å². The number of hydrogen-bond acceptors (Lipinski definition) is 4. The molecule has 3 heterocycles. The second kappa shape index (κ2) is 18.6. The lowest BCUT2D eigenvalue weighted by molar-refractivity contribution is 0.332. The zero-order valence-electron chi connectivity index (χ0n) is 53.1. The quantitative estimate of drug-likeness (QED) is 0.154. The smallest absolute Gasteiger partial charge is 0.264 e. The van der Waals surface area contributed by atoms with Crippen molar-refractivity contribution in [2.75, 3.05) is 14.7 Å². The molecule has 84 heavy (non-hydrogen) atoms. The summed E-state index contributed by atoms with van der Waals surface area (Å²) in [7, 11) is 0. The molecule has 0 bridgehead atoms. The molecule has 5 heteroatoms. The van der Waals surface area contributed by atoms with E-state index in [1.54, 1.807) is 0 Å². The van der Waals surface area contributed by atoms with Crippen molar-refractivity contribution in [2.24, 2.45) is 0 Å². The molecule has 0 saturated heterocycles. The first-order chi connectivity index (χ1) is 39.6. The highest BCUT2D eigenvalue weighted by atomic mass is 32.1. The minimum atomic E-state index is -0.0324. The van der Waals surface area contributed by atoms with Gasteiger partial charge in [0.25, 0.3) is 6.71 Å². The normalized spacial score (nSPS) is 18.9. The number of fused-ring (bicyclic) bond motifs is 9. The molecule has 0 spiro atoms. The van der Waals surface area contributed by atoms with Crippen molar-refractivity contribution < 1.29 is 0 Å². The predicted octanol–water partition coefficient (Wildman–Crippen LogP) is 20.8. The molecule has 2 aliphatic heterocycles. The van der Waals surface area contributed by atoms with Crippen LogP contribution in [0.25, 0.3) is 21.2 Å². The van der Waals surface area contributed by atoms with Crippen LogP contribution in [0.2, 0.25) is 0 Å². The number of thiophene rings is 1. The van der Waals surface area contributed by atoms with Crippen molar-refractivity contribution in [3.63, 3.8) is 0 Å². The molecular formula is C79H86BN3S. The Hall–Kier alpha value is -6.82. The Balaban J connectivity index is 1.12. The van der Waals surface area contributed by atoms with Crippen LogP contribution in [0.1, 0.15) is 187 Å². The first-order valence-electron chi connectivity index (χ1n) is 31.5. The van der Waals surface area contributed by atoms with E-state index in [-0.39, 0.29) is 44.6 Å². The van der Waals surface area contributed by atoms with E-state index in [2.05, 4.69) is 295 Å². The fraction of sp³-hybridized carbons (Fsp3) is 0.367. The topological polar surface area (TPSA) is 9.72 Å². The van der Waals surface area contributed by atoms with Crippen LogP contribution >= 0.6 is 11.3 Å². The fourth-order valence-electron chi connectivity index (χ4n) is 15.8. The molecule has 3 aliphatic carbocycles. The fourth-order valence-corrected chi connectivity index (χ4v) is 17.2. The molecule has 426 valence electrons. The molecule has 0 fully saturated rings. The van der Waals surface area contributed by atoms with Gasteiger partial charge in [0.1, 0.15) is 0 Å². The van der Waals surface area contributed by atoms with Gasteiger partial charge in [-0.3, -0.25) is 0 Å². The van der Waals surface area contributed by atoms with Gasteiger partial charge in [-0.05, 0) is 229 Å². The summed E-state index contributed by atoms with van der Waals surface area (Å²) in [5, 5.41) is 1.38. The monoisotopic (exact) mass is 1120 g/mol. The van der Waals surface area contributed by atoms with Gasteiger partial charge >= 0.3 is 0 Å². The second-order valence-electron chi connectivity index (χ2n) is 31.1. The van der Waals surface area contributed by atoms with Gasteiger partial charge in [-0.1, -0.05) is 177 Å². The number of benzene rings is 8. The summed E-state index contributed by atoms with van der Waals surface area (Å²) >= 11 is 2.06.